The van der Waals surface area contributed by atoms with Gasteiger partial charge in [0.05, 0.1) is 12.8 Å². The molecule has 0 spiro atoms. The van der Waals surface area contributed by atoms with Gasteiger partial charge in [0.15, 0.2) is 0 Å². The lowest BCUT2D eigenvalue weighted by Gasteiger charge is -2.16. The molecule has 108 valence electrons. The highest BCUT2D eigenvalue weighted by Crippen LogP contribution is 2.12. The van der Waals surface area contributed by atoms with Gasteiger partial charge in [-0.1, -0.05) is 12.1 Å². The van der Waals surface area contributed by atoms with Crippen LogP contribution in [-0.2, 0) is 11.3 Å². The largest absolute Gasteiger partial charge is 0.478 e. The first-order valence-electron chi connectivity index (χ1n) is 6.35. The van der Waals surface area contributed by atoms with E-state index in [4.69, 9.17) is 9.52 Å². The summed E-state index contributed by atoms with van der Waals surface area (Å²) in [6.45, 7) is 0.376. The highest BCUT2D eigenvalue weighted by atomic mass is 16.4. The molecule has 0 bridgehead atoms. The Morgan fingerprint density at radius 2 is 2.10 bits per heavy atom. The summed E-state index contributed by atoms with van der Waals surface area (Å²) in [5.41, 5.74) is 1.16. The van der Waals surface area contributed by atoms with Gasteiger partial charge in [-0.25, -0.2) is 4.79 Å². The monoisotopic (exact) mass is 285 g/mol. The van der Waals surface area contributed by atoms with Gasteiger partial charge in [-0.3, -0.25) is 4.79 Å². The van der Waals surface area contributed by atoms with Crippen LogP contribution in [0.15, 0.2) is 53.2 Å². The molecule has 0 radical (unpaired) electrons. The minimum absolute atomic E-state index is 0.156. The molecule has 0 aliphatic carbocycles. The molecule has 0 saturated carbocycles. The number of aliphatic carboxylic acids is 1. The van der Waals surface area contributed by atoms with Gasteiger partial charge in [0.25, 0.3) is 5.91 Å². The van der Waals surface area contributed by atoms with Crippen molar-refractivity contribution < 1.29 is 19.1 Å². The van der Waals surface area contributed by atoms with E-state index in [1.807, 2.05) is 0 Å². The molecule has 0 aliphatic rings. The molecule has 0 saturated heterocycles. The number of hydrogen-bond acceptors (Lipinski definition) is 3. The Labute approximate surface area is 122 Å². The fraction of sp³-hybridized carbons (Fsp3) is 0.125. The van der Waals surface area contributed by atoms with E-state index in [2.05, 4.69) is 0 Å². The molecule has 1 aromatic carbocycles. The van der Waals surface area contributed by atoms with Crippen LogP contribution in [0.4, 0.5) is 0 Å². The van der Waals surface area contributed by atoms with Crippen molar-refractivity contribution in [3.8, 4) is 0 Å². The third kappa shape index (κ3) is 4.07. The van der Waals surface area contributed by atoms with Gasteiger partial charge < -0.3 is 14.4 Å². The summed E-state index contributed by atoms with van der Waals surface area (Å²) < 4.78 is 5.21. The first-order chi connectivity index (χ1) is 10.1. The van der Waals surface area contributed by atoms with Crippen LogP contribution in [0.3, 0.4) is 0 Å². The van der Waals surface area contributed by atoms with Crippen LogP contribution in [0.25, 0.3) is 6.08 Å². The van der Waals surface area contributed by atoms with E-state index in [0.717, 1.165) is 6.08 Å². The standard InChI is InChI=1S/C16H15NO4/c1-17(11-14-6-3-9-21-14)16(20)13-5-2-4-12(10-13)7-8-15(18)19/h2-10H,11H2,1H3,(H,18,19). The number of nitrogens with zero attached hydrogens (tertiary/aromatic N) is 1. The maximum absolute atomic E-state index is 12.3. The number of furan rings is 1. The minimum Gasteiger partial charge on any atom is -0.478 e. The van der Waals surface area contributed by atoms with Crippen LogP contribution in [0.1, 0.15) is 21.7 Å². The van der Waals surface area contributed by atoms with Crippen molar-refractivity contribution in [1.29, 1.82) is 0 Å². The molecule has 1 heterocycles. The van der Waals surface area contributed by atoms with E-state index >= 15 is 0 Å². The van der Waals surface area contributed by atoms with Gasteiger partial charge in [0.2, 0.25) is 0 Å². The summed E-state index contributed by atoms with van der Waals surface area (Å²) in [5, 5.41) is 8.61. The van der Waals surface area contributed by atoms with Crippen molar-refractivity contribution in [3.63, 3.8) is 0 Å². The number of benzene rings is 1. The molecule has 2 rings (SSSR count). The molecule has 0 unspecified atom stereocenters. The zero-order valence-corrected chi connectivity index (χ0v) is 11.5. The van der Waals surface area contributed by atoms with Gasteiger partial charge >= 0.3 is 5.97 Å². The molecular weight excluding hydrogens is 270 g/mol. The number of carboxylic acids is 1. The molecule has 1 N–H and O–H groups in total. The zero-order valence-electron chi connectivity index (χ0n) is 11.5. The van der Waals surface area contributed by atoms with E-state index in [0.29, 0.717) is 23.4 Å². The number of rotatable bonds is 5. The van der Waals surface area contributed by atoms with Crippen molar-refractivity contribution >= 4 is 18.0 Å². The Balaban J connectivity index is 2.11. The van der Waals surface area contributed by atoms with Crippen molar-refractivity contribution in [1.82, 2.24) is 4.90 Å². The molecule has 0 fully saturated rings. The van der Waals surface area contributed by atoms with E-state index in [1.54, 1.807) is 54.6 Å². The molecule has 1 aromatic heterocycles. The van der Waals surface area contributed by atoms with Gasteiger partial charge in [-0.2, -0.15) is 0 Å². The first-order valence-corrected chi connectivity index (χ1v) is 6.35. The average molecular weight is 285 g/mol. The lowest BCUT2D eigenvalue weighted by atomic mass is 10.1. The number of carbonyl (C=O) groups is 2. The summed E-state index contributed by atoms with van der Waals surface area (Å²) in [7, 11) is 1.69. The van der Waals surface area contributed by atoms with Crippen molar-refractivity contribution in [2.45, 2.75) is 6.54 Å². The highest BCUT2D eigenvalue weighted by molar-refractivity contribution is 5.95. The molecular formula is C16H15NO4. The third-order valence-corrected chi connectivity index (χ3v) is 2.87. The first kappa shape index (κ1) is 14.6. The number of hydrogen-bond donors (Lipinski definition) is 1. The van der Waals surface area contributed by atoms with Gasteiger partial charge in [-0.15, -0.1) is 0 Å². The normalized spacial score (nSPS) is 10.7. The second-order valence-electron chi connectivity index (χ2n) is 4.54. The number of carboxylic acid groups (broad SMARTS) is 1. The highest BCUT2D eigenvalue weighted by Gasteiger charge is 2.13. The van der Waals surface area contributed by atoms with Crippen LogP contribution in [0, 0.1) is 0 Å². The molecule has 2 aromatic rings. The summed E-state index contributed by atoms with van der Waals surface area (Å²) in [6, 6.07) is 10.4. The molecule has 21 heavy (non-hydrogen) atoms. The fourth-order valence-electron chi connectivity index (χ4n) is 1.87. The lowest BCUT2D eigenvalue weighted by Crippen LogP contribution is -2.25. The molecule has 5 heteroatoms. The fourth-order valence-corrected chi connectivity index (χ4v) is 1.87. The minimum atomic E-state index is -1.03. The maximum Gasteiger partial charge on any atom is 0.328 e. The summed E-state index contributed by atoms with van der Waals surface area (Å²) in [5.74, 6) is -0.480. The Morgan fingerprint density at radius 1 is 1.29 bits per heavy atom. The third-order valence-electron chi connectivity index (χ3n) is 2.87. The van der Waals surface area contributed by atoms with E-state index in [1.165, 1.54) is 6.08 Å². The molecule has 0 aliphatic heterocycles. The Hall–Kier alpha value is -2.82. The Morgan fingerprint density at radius 3 is 2.76 bits per heavy atom. The van der Waals surface area contributed by atoms with Gasteiger partial charge in [-0.05, 0) is 35.9 Å². The van der Waals surface area contributed by atoms with Crippen LogP contribution < -0.4 is 0 Å². The van der Waals surface area contributed by atoms with Gasteiger partial charge in [0.1, 0.15) is 5.76 Å². The zero-order chi connectivity index (χ0) is 15.2. The van der Waals surface area contributed by atoms with Crippen LogP contribution in [0.5, 0.6) is 0 Å². The second-order valence-corrected chi connectivity index (χ2v) is 4.54. The van der Waals surface area contributed by atoms with Gasteiger partial charge in [0, 0.05) is 18.7 Å². The number of carbonyl (C=O) groups excluding carboxylic acids is 1. The van der Waals surface area contributed by atoms with E-state index < -0.39 is 5.97 Å². The van der Waals surface area contributed by atoms with Crippen LogP contribution >= 0.6 is 0 Å². The molecule has 1 amide bonds. The van der Waals surface area contributed by atoms with Crippen molar-refractivity contribution in [2.75, 3.05) is 7.05 Å². The SMILES string of the molecule is CN(Cc1ccco1)C(=O)c1cccc(C=CC(=O)O)c1. The van der Waals surface area contributed by atoms with E-state index in [-0.39, 0.29) is 5.91 Å². The predicted molar refractivity (Wildman–Crippen MR) is 77.6 cm³/mol. The summed E-state index contributed by atoms with van der Waals surface area (Å²) in [4.78, 5) is 24.4. The van der Waals surface area contributed by atoms with Crippen molar-refractivity contribution in [3.05, 3.63) is 65.6 Å². The quantitative estimate of drug-likeness (QED) is 0.857. The maximum atomic E-state index is 12.3. The smallest absolute Gasteiger partial charge is 0.328 e. The Bertz CT molecular complexity index is 659. The topological polar surface area (TPSA) is 70.8 Å². The molecule has 0 atom stereocenters. The van der Waals surface area contributed by atoms with E-state index in [9.17, 15) is 9.59 Å². The number of amides is 1. The predicted octanol–water partition coefficient (Wildman–Crippen LogP) is 2.65. The summed E-state index contributed by atoms with van der Waals surface area (Å²) in [6.07, 6.45) is 4.05. The molecule has 5 nitrogen and oxygen atoms in total. The average Bonchev–Trinajstić information content (AvgIpc) is 2.97. The second kappa shape index (κ2) is 6.56. The summed E-state index contributed by atoms with van der Waals surface area (Å²) >= 11 is 0. The lowest BCUT2D eigenvalue weighted by molar-refractivity contribution is -0.131. The van der Waals surface area contributed by atoms with Crippen molar-refractivity contribution in [2.24, 2.45) is 0 Å². The Kier molecular flexibility index (Phi) is 4.56. The van der Waals surface area contributed by atoms with Crippen LogP contribution in [-0.4, -0.2) is 28.9 Å². The van der Waals surface area contributed by atoms with Crippen LogP contribution in [0.2, 0.25) is 0 Å².